The van der Waals surface area contributed by atoms with E-state index in [2.05, 4.69) is 43.8 Å². The van der Waals surface area contributed by atoms with Crippen LogP contribution in [0.4, 0.5) is 13.6 Å². The summed E-state index contributed by atoms with van der Waals surface area (Å²) >= 11 is 0. The molecule has 36 heavy (non-hydrogen) atoms. The van der Waals surface area contributed by atoms with Gasteiger partial charge < -0.3 is 18.9 Å². The van der Waals surface area contributed by atoms with E-state index in [1.165, 1.54) is 0 Å². The second-order valence-corrected chi connectivity index (χ2v) is 17.3. The number of amides is 1. The molecule has 1 fully saturated rings. The van der Waals surface area contributed by atoms with Gasteiger partial charge in [0, 0.05) is 12.5 Å². The van der Waals surface area contributed by atoms with E-state index in [1.54, 1.807) is 25.7 Å². The van der Waals surface area contributed by atoms with E-state index in [0.717, 1.165) is 6.29 Å². The maximum Gasteiger partial charge on any atom is 0.411 e. The smallest absolute Gasteiger partial charge is 0.411 e. The molecule has 1 unspecified atom stereocenters. The highest BCUT2D eigenvalue weighted by atomic mass is 28.4. The number of halogens is 2. The molecule has 4 rings (SSSR count). The van der Waals surface area contributed by atoms with Crippen molar-refractivity contribution in [3.05, 3.63) is 28.6 Å². The van der Waals surface area contributed by atoms with Gasteiger partial charge in [0.05, 0.1) is 6.10 Å². The number of H-pyrrole nitrogens is 1. The quantitative estimate of drug-likeness (QED) is 0.404. The zero-order valence-corrected chi connectivity index (χ0v) is 23.4. The van der Waals surface area contributed by atoms with Crippen LogP contribution in [0.5, 0.6) is 0 Å². The molecular weight excluding hydrogens is 484 g/mol. The number of aromatic amines is 1. The predicted octanol–water partition coefficient (Wildman–Crippen LogP) is 5.83. The van der Waals surface area contributed by atoms with E-state index in [1.807, 2.05) is 0 Å². The maximum atomic E-state index is 15.5. The minimum atomic E-state index is -2.24. The highest BCUT2D eigenvalue weighted by Gasteiger charge is 2.48. The number of benzene rings is 1. The number of nitrogens with one attached hydrogen (secondary N) is 1. The Hall–Kier alpha value is -2.33. The Bertz CT molecular complexity index is 1150. The van der Waals surface area contributed by atoms with Crippen LogP contribution in [0.25, 0.3) is 11.0 Å². The molecule has 3 atom stereocenters. The third-order valence-electron chi connectivity index (χ3n) is 7.67. The van der Waals surface area contributed by atoms with E-state index in [-0.39, 0.29) is 45.9 Å². The van der Waals surface area contributed by atoms with E-state index >= 15 is 8.78 Å². The van der Waals surface area contributed by atoms with Gasteiger partial charge in [-0.2, -0.15) is 0 Å². The Morgan fingerprint density at radius 2 is 1.72 bits per heavy atom. The fourth-order valence-corrected chi connectivity index (χ4v) is 6.18. The molecule has 1 saturated heterocycles. The second-order valence-electron chi connectivity index (χ2n) is 12.6. The molecule has 198 valence electrons. The number of carbonyl (C=O) groups excluding carboxylic acids is 2. The molecule has 0 spiro atoms. The first-order valence-electron chi connectivity index (χ1n) is 12.5. The van der Waals surface area contributed by atoms with Gasteiger partial charge in [0.2, 0.25) is 0 Å². The molecule has 2 aliphatic rings. The van der Waals surface area contributed by atoms with Crippen LogP contribution in [0.1, 0.15) is 71.0 Å². The lowest BCUT2D eigenvalue weighted by Gasteiger charge is -2.40. The van der Waals surface area contributed by atoms with Crippen LogP contribution >= 0.6 is 0 Å². The van der Waals surface area contributed by atoms with E-state index in [0.29, 0.717) is 13.0 Å². The number of likely N-dealkylation sites (tertiary alicyclic amines) is 1. The lowest BCUT2D eigenvalue weighted by atomic mass is 10.1. The summed E-state index contributed by atoms with van der Waals surface area (Å²) in [6.07, 6.45) is 0.686. The molecule has 0 saturated carbocycles. The van der Waals surface area contributed by atoms with Crippen molar-refractivity contribution in [2.75, 3.05) is 6.54 Å². The zero-order valence-electron chi connectivity index (χ0n) is 22.4. The largest absolute Gasteiger partial charge is 0.444 e. The number of ether oxygens (including phenoxy) is 1. The Morgan fingerprint density at radius 3 is 2.28 bits per heavy atom. The minimum Gasteiger partial charge on any atom is -0.444 e. The Morgan fingerprint density at radius 1 is 1.11 bits per heavy atom. The molecule has 1 aromatic heterocycles. The second kappa shape index (κ2) is 8.90. The number of fused-ring (bicyclic) bond motifs is 2. The summed E-state index contributed by atoms with van der Waals surface area (Å²) in [6, 6.07) is -0.683. The molecule has 7 nitrogen and oxygen atoms in total. The van der Waals surface area contributed by atoms with E-state index < -0.39 is 49.7 Å². The average molecular weight is 522 g/mol. The highest BCUT2D eigenvalue weighted by Crippen LogP contribution is 2.43. The van der Waals surface area contributed by atoms with Gasteiger partial charge >= 0.3 is 6.09 Å². The molecule has 1 N–H and O–H groups in total. The number of hydrogen-bond donors (Lipinski definition) is 1. The van der Waals surface area contributed by atoms with Crippen LogP contribution in [0.2, 0.25) is 18.1 Å². The van der Waals surface area contributed by atoms with Crippen molar-refractivity contribution in [2.24, 2.45) is 5.92 Å². The number of carbonyl (C=O) groups is 2. The van der Waals surface area contributed by atoms with Gasteiger partial charge in [0.25, 0.3) is 0 Å². The number of imidazole rings is 1. The topological polar surface area (TPSA) is 84.5 Å². The van der Waals surface area contributed by atoms with Gasteiger partial charge in [-0.15, -0.1) is 0 Å². The molecule has 1 aliphatic heterocycles. The first-order valence-corrected chi connectivity index (χ1v) is 15.5. The minimum absolute atomic E-state index is 0.0464. The van der Waals surface area contributed by atoms with Crippen LogP contribution in [-0.2, 0) is 26.8 Å². The lowest BCUT2D eigenvalue weighted by molar-refractivity contribution is -0.110. The Balaban J connectivity index is 1.79. The summed E-state index contributed by atoms with van der Waals surface area (Å²) in [4.78, 5) is 33.4. The van der Waals surface area contributed by atoms with Gasteiger partial charge in [-0.3, -0.25) is 4.90 Å². The molecular formula is C26H37F2N3O4Si. The molecule has 2 heterocycles. The molecule has 2 aromatic rings. The monoisotopic (exact) mass is 521 g/mol. The average Bonchev–Trinajstić information content (AvgIpc) is 3.46. The summed E-state index contributed by atoms with van der Waals surface area (Å²) < 4.78 is 43.3. The number of rotatable bonds is 4. The lowest BCUT2D eigenvalue weighted by Crippen LogP contribution is -2.46. The van der Waals surface area contributed by atoms with Crippen molar-refractivity contribution in [2.45, 2.75) is 96.7 Å². The SMILES string of the molecule is CC(C)(C)OC(=O)N1CC[C@H](O[Si](C)(C)C(C)(C)C)[C@H]1c1nc2c(F)c3c(c(F)c2[nH]1)CC(C=O)C3. The Labute approximate surface area is 212 Å². The van der Waals surface area contributed by atoms with Crippen LogP contribution in [0.3, 0.4) is 0 Å². The molecule has 0 radical (unpaired) electrons. The molecule has 10 heteroatoms. The summed E-state index contributed by atoms with van der Waals surface area (Å²) in [5.41, 5.74) is -0.441. The van der Waals surface area contributed by atoms with Gasteiger partial charge in [-0.1, -0.05) is 20.8 Å². The zero-order chi connectivity index (χ0) is 26.8. The predicted molar refractivity (Wildman–Crippen MR) is 135 cm³/mol. The van der Waals surface area contributed by atoms with E-state index in [4.69, 9.17) is 9.16 Å². The van der Waals surface area contributed by atoms with Crippen LogP contribution < -0.4 is 0 Å². The van der Waals surface area contributed by atoms with Crippen molar-refractivity contribution in [3.63, 3.8) is 0 Å². The molecule has 1 amide bonds. The highest BCUT2D eigenvalue weighted by molar-refractivity contribution is 6.74. The summed E-state index contributed by atoms with van der Waals surface area (Å²) in [5.74, 6) is -1.37. The molecule has 1 aromatic carbocycles. The third-order valence-corrected chi connectivity index (χ3v) is 12.2. The summed E-state index contributed by atoms with van der Waals surface area (Å²) in [5, 5.41) is -0.0705. The third kappa shape index (κ3) is 4.69. The Kier molecular flexibility index (Phi) is 6.61. The standard InChI is InChI=1S/C26H37F2N3O4Si/c1-25(2,3)34-24(33)31-10-9-17(35-36(7,8)26(4,5)6)22(31)23-29-20-18(27)15-11-14(13-32)12-16(15)19(28)21(20)30-23/h13-14,17,22H,9-12H2,1-8H3,(H,29,30)/t17-,22-/m0/s1. The van der Waals surface area contributed by atoms with Gasteiger partial charge in [0.15, 0.2) is 20.0 Å². The van der Waals surface area contributed by atoms with Crippen LogP contribution in [-0.4, -0.2) is 53.8 Å². The fraction of sp³-hybridized carbons (Fsp3) is 0.654. The maximum absolute atomic E-state index is 15.5. The number of nitrogens with zero attached hydrogens (tertiary/aromatic N) is 2. The van der Waals surface area contributed by atoms with Gasteiger partial charge in [0.1, 0.15) is 34.8 Å². The van der Waals surface area contributed by atoms with Crippen molar-refractivity contribution in [1.82, 2.24) is 14.9 Å². The van der Waals surface area contributed by atoms with E-state index in [9.17, 15) is 9.59 Å². The summed E-state index contributed by atoms with van der Waals surface area (Å²) in [7, 11) is -2.24. The first-order chi connectivity index (χ1) is 16.5. The van der Waals surface area contributed by atoms with Crippen molar-refractivity contribution in [3.8, 4) is 0 Å². The number of aromatic nitrogens is 2. The van der Waals surface area contributed by atoms with Crippen LogP contribution in [0.15, 0.2) is 0 Å². The van der Waals surface area contributed by atoms with Crippen LogP contribution in [0, 0.1) is 17.6 Å². The molecule has 0 bridgehead atoms. The number of aldehydes is 1. The molecule has 1 aliphatic carbocycles. The van der Waals surface area contributed by atoms with Gasteiger partial charge in [-0.05, 0) is 69.3 Å². The van der Waals surface area contributed by atoms with Crippen molar-refractivity contribution >= 4 is 31.7 Å². The van der Waals surface area contributed by atoms with Crippen molar-refractivity contribution in [1.29, 1.82) is 0 Å². The number of hydrogen-bond acceptors (Lipinski definition) is 5. The first kappa shape index (κ1) is 26.7. The normalized spacial score (nSPS) is 21.3. The van der Waals surface area contributed by atoms with Crippen molar-refractivity contribution < 1.29 is 27.5 Å². The van der Waals surface area contributed by atoms with Gasteiger partial charge in [-0.25, -0.2) is 18.6 Å². The fourth-order valence-electron chi connectivity index (χ4n) is 4.82. The summed E-state index contributed by atoms with van der Waals surface area (Å²) in [6.45, 7) is 16.4.